The molecule has 0 bridgehead atoms. The van der Waals surface area contributed by atoms with E-state index in [0.717, 1.165) is 18.2 Å². The number of rotatable bonds is 6. The second kappa shape index (κ2) is 5.80. The zero-order valence-corrected chi connectivity index (χ0v) is 11.9. The van der Waals surface area contributed by atoms with E-state index < -0.39 is 0 Å². The van der Waals surface area contributed by atoms with Crippen LogP contribution in [0.25, 0.3) is 0 Å². The lowest BCUT2D eigenvalue weighted by molar-refractivity contribution is 0.236. The summed E-state index contributed by atoms with van der Waals surface area (Å²) < 4.78 is 0. The highest BCUT2D eigenvalue weighted by Gasteiger charge is 2.29. The lowest BCUT2D eigenvalue weighted by atomic mass is 10.1. The number of likely N-dealkylation sites (N-methyl/N-ethyl adjacent to an activating group) is 1. The molecule has 106 valence electrons. The van der Waals surface area contributed by atoms with Gasteiger partial charge in [-0.3, -0.25) is 4.90 Å². The van der Waals surface area contributed by atoms with Gasteiger partial charge in [-0.05, 0) is 51.9 Å². The minimum atomic E-state index is 0.0159. The Morgan fingerprint density at radius 2 is 2.00 bits per heavy atom. The summed E-state index contributed by atoms with van der Waals surface area (Å²) in [6, 6.07) is 5.87. The molecule has 19 heavy (non-hydrogen) atoms. The van der Waals surface area contributed by atoms with Crippen LogP contribution in [-0.2, 0) is 0 Å². The average molecular weight is 264 g/mol. The predicted molar refractivity (Wildman–Crippen MR) is 76.4 cm³/mol. The maximum Gasteiger partial charge on any atom is 0.120 e. The number of phenols is 2. The summed E-state index contributed by atoms with van der Waals surface area (Å²) in [6.07, 6.45) is 2.62. The standard InChI is InChI=1S/C15H24N2O2/c1-10(17(3)12-4-5-12)9-16-11(2)14-8-13(18)6-7-15(14)19/h6-8,10-12,16,18-19H,4-5,9H2,1-3H3. The molecule has 0 amide bonds. The number of hydrogen-bond acceptors (Lipinski definition) is 4. The first-order chi connectivity index (χ1) is 8.99. The molecule has 1 aromatic carbocycles. The second-order valence-corrected chi connectivity index (χ2v) is 5.62. The minimum absolute atomic E-state index is 0.0159. The van der Waals surface area contributed by atoms with Gasteiger partial charge in [0.2, 0.25) is 0 Å². The Hall–Kier alpha value is -1.26. The van der Waals surface area contributed by atoms with E-state index in [1.807, 2.05) is 6.92 Å². The molecule has 0 heterocycles. The van der Waals surface area contributed by atoms with Crippen molar-refractivity contribution in [3.8, 4) is 11.5 Å². The van der Waals surface area contributed by atoms with E-state index in [9.17, 15) is 10.2 Å². The summed E-state index contributed by atoms with van der Waals surface area (Å²) >= 11 is 0. The highest BCUT2D eigenvalue weighted by molar-refractivity contribution is 5.40. The van der Waals surface area contributed by atoms with Gasteiger partial charge in [-0.2, -0.15) is 0 Å². The van der Waals surface area contributed by atoms with E-state index in [4.69, 9.17) is 0 Å². The van der Waals surface area contributed by atoms with Crippen molar-refractivity contribution in [2.45, 2.75) is 44.8 Å². The van der Waals surface area contributed by atoms with Crippen LogP contribution in [0.3, 0.4) is 0 Å². The largest absolute Gasteiger partial charge is 0.508 e. The maximum atomic E-state index is 9.82. The molecule has 2 rings (SSSR count). The molecule has 2 atom stereocenters. The van der Waals surface area contributed by atoms with Crippen molar-refractivity contribution in [3.05, 3.63) is 23.8 Å². The van der Waals surface area contributed by atoms with Crippen LogP contribution in [0.5, 0.6) is 11.5 Å². The monoisotopic (exact) mass is 264 g/mol. The summed E-state index contributed by atoms with van der Waals surface area (Å²) in [6.45, 7) is 5.07. The number of nitrogens with zero attached hydrogens (tertiary/aromatic N) is 1. The molecule has 1 aromatic rings. The fourth-order valence-electron chi connectivity index (χ4n) is 2.33. The molecule has 4 nitrogen and oxygen atoms in total. The Morgan fingerprint density at radius 3 is 2.63 bits per heavy atom. The number of benzene rings is 1. The van der Waals surface area contributed by atoms with E-state index in [-0.39, 0.29) is 17.5 Å². The van der Waals surface area contributed by atoms with Crippen LogP contribution in [0.4, 0.5) is 0 Å². The van der Waals surface area contributed by atoms with Gasteiger partial charge in [-0.1, -0.05) is 0 Å². The van der Waals surface area contributed by atoms with Crippen LogP contribution in [0.1, 0.15) is 38.3 Å². The highest BCUT2D eigenvalue weighted by Crippen LogP contribution is 2.29. The van der Waals surface area contributed by atoms with Gasteiger partial charge in [0.25, 0.3) is 0 Å². The van der Waals surface area contributed by atoms with Crippen LogP contribution in [-0.4, -0.2) is 40.8 Å². The zero-order valence-electron chi connectivity index (χ0n) is 11.9. The van der Waals surface area contributed by atoms with Gasteiger partial charge < -0.3 is 15.5 Å². The van der Waals surface area contributed by atoms with Crippen molar-refractivity contribution in [3.63, 3.8) is 0 Å². The van der Waals surface area contributed by atoms with Crippen LogP contribution < -0.4 is 5.32 Å². The van der Waals surface area contributed by atoms with Crippen LogP contribution >= 0.6 is 0 Å². The third kappa shape index (κ3) is 3.61. The van der Waals surface area contributed by atoms with Crippen molar-refractivity contribution in [1.29, 1.82) is 0 Å². The normalized spacial score (nSPS) is 18.5. The summed E-state index contributed by atoms with van der Waals surface area (Å²) in [5.74, 6) is 0.408. The Labute approximate surface area is 115 Å². The van der Waals surface area contributed by atoms with Crippen molar-refractivity contribution in [2.24, 2.45) is 0 Å². The van der Waals surface area contributed by atoms with Gasteiger partial charge in [0.05, 0.1) is 0 Å². The summed E-state index contributed by atoms with van der Waals surface area (Å²) in [5, 5.41) is 22.7. The molecule has 3 N–H and O–H groups in total. The topological polar surface area (TPSA) is 55.7 Å². The van der Waals surface area contributed by atoms with Gasteiger partial charge in [0.15, 0.2) is 0 Å². The Morgan fingerprint density at radius 1 is 1.32 bits per heavy atom. The fourth-order valence-corrected chi connectivity index (χ4v) is 2.33. The first-order valence-electron chi connectivity index (χ1n) is 6.96. The van der Waals surface area contributed by atoms with E-state index in [1.54, 1.807) is 6.07 Å². The molecular formula is C15H24N2O2. The summed E-state index contributed by atoms with van der Waals surface area (Å²) in [4.78, 5) is 2.40. The lowest BCUT2D eigenvalue weighted by Crippen LogP contribution is -2.39. The predicted octanol–water partition coefficient (Wildman–Crippen LogP) is 2.23. The van der Waals surface area contributed by atoms with Crippen LogP contribution in [0.2, 0.25) is 0 Å². The van der Waals surface area contributed by atoms with Crippen LogP contribution in [0, 0.1) is 0 Å². The molecule has 2 unspecified atom stereocenters. The molecule has 0 aliphatic heterocycles. The summed E-state index contributed by atoms with van der Waals surface area (Å²) in [7, 11) is 2.17. The zero-order chi connectivity index (χ0) is 14.0. The summed E-state index contributed by atoms with van der Waals surface area (Å²) in [5.41, 5.74) is 0.737. The Balaban J connectivity index is 1.89. The Bertz CT molecular complexity index is 432. The SMILES string of the molecule is CC(NCC(C)N(C)C1CC1)c1cc(O)ccc1O. The minimum Gasteiger partial charge on any atom is -0.508 e. The highest BCUT2D eigenvalue weighted by atomic mass is 16.3. The lowest BCUT2D eigenvalue weighted by Gasteiger charge is -2.26. The average Bonchev–Trinajstić information content (AvgIpc) is 3.21. The molecule has 0 spiro atoms. The number of nitrogens with one attached hydrogen (secondary N) is 1. The van der Waals surface area contributed by atoms with E-state index in [1.165, 1.54) is 25.0 Å². The third-order valence-electron chi connectivity index (χ3n) is 4.02. The number of aromatic hydroxyl groups is 2. The van der Waals surface area contributed by atoms with Crippen molar-refractivity contribution < 1.29 is 10.2 Å². The fraction of sp³-hybridized carbons (Fsp3) is 0.600. The van der Waals surface area contributed by atoms with Gasteiger partial charge in [0, 0.05) is 30.2 Å². The van der Waals surface area contributed by atoms with Gasteiger partial charge in [0.1, 0.15) is 11.5 Å². The van der Waals surface area contributed by atoms with E-state index >= 15 is 0 Å². The Kier molecular flexibility index (Phi) is 4.32. The quantitative estimate of drug-likeness (QED) is 0.690. The smallest absolute Gasteiger partial charge is 0.120 e. The third-order valence-corrected chi connectivity index (χ3v) is 4.02. The second-order valence-electron chi connectivity index (χ2n) is 5.62. The van der Waals surface area contributed by atoms with Crippen LogP contribution in [0.15, 0.2) is 18.2 Å². The van der Waals surface area contributed by atoms with Crippen molar-refractivity contribution >= 4 is 0 Å². The maximum absolute atomic E-state index is 9.82. The molecule has 0 aromatic heterocycles. The molecule has 1 fully saturated rings. The first-order valence-corrected chi connectivity index (χ1v) is 6.96. The van der Waals surface area contributed by atoms with Gasteiger partial charge in [-0.25, -0.2) is 0 Å². The molecule has 1 aliphatic rings. The van der Waals surface area contributed by atoms with Crippen molar-refractivity contribution in [2.75, 3.05) is 13.6 Å². The molecule has 4 heteroatoms. The van der Waals surface area contributed by atoms with Crippen molar-refractivity contribution in [1.82, 2.24) is 10.2 Å². The number of hydrogen-bond donors (Lipinski definition) is 3. The number of phenolic OH excluding ortho intramolecular Hbond substituents is 2. The first kappa shape index (κ1) is 14.2. The molecule has 0 radical (unpaired) electrons. The van der Waals surface area contributed by atoms with E-state index in [0.29, 0.717) is 6.04 Å². The van der Waals surface area contributed by atoms with Gasteiger partial charge >= 0.3 is 0 Å². The molecule has 1 aliphatic carbocycles. The molecule has 1 saturated carbocycles. The molecular weight excluding hydrogens is 240 g/mol. The van der Waals surface area contributed by atoms with E-state index in [2.05, 4.69) is 24.2 Å². The molecule has 0 saturated heterocycles. The van der Waals surface area contributed by atoms with Gasteiger partial charge in [-0.15, -0.1) is 0 Å².